The minimum Gasteiger partial charge on any atom is -0.476 e. The fourth-order valence-corrected chi connectivity index (χ4v) is 2.36. The maximum Gasteiger partial charge on any atom is 0.356 e. The van der Waals surface area contributed by atoms with E-state index in [2.05, 4.69) is 9.97 Å². The maximum atomic E-state index is 11.4. The van der Waals surface area contributed by atoms with E-state index in [4.69, 9.17) is 5.11 Å². The predicted molar refractivity (Wildman–Crippen MR) is 67.0 cm³/mol. The van der Waals surface area contributed by atoms with Crippen LogP contribution in [0.2, 0.25) is 0 Å². The molecule has 0 aromatic carbocycles. The molecule has 0 amide bonds. The van der Waals surface area contributed by atoms with E-state index < -0.39 is 5.97 Å². The van der Waals surface area contributed by atoms with Crippen molar-refractivity contribution in [2.24, 2.45) is 0 Å². The standard InChI is InChI=1S/C12H10N2O3S/c1-6-3-4-8(5-13-6)11-14-9(12(16)17)10(18-11)7(2)15/h3-5H,1-2H3,(H,16,17). The molecule has 0 atom stereocenters. The molecule has 0 fully saturated rings. The average molecular weight is 262 g/mol. The molecule has 5 nitrogen and oxygen atoms in total. The van der Waals surface area contributed by atoms with E-state index in [-0.39, 0.29) is 16.4 Å². The van der Waals surface area contributed by atoms with E-state index >= 15 is 0 Å². The van der Waals surface area contributed by atoms with Crippen molar-refractivity contribution in [3.63, 3.8) is 0 Å². The summed E-state index contributed by atoms with van der Waals surface area (Å²) in [4.78, 5) is 30.6. The Morgan fingerprint density at radius 1 is 1.33 bits per heavy atom. The molecule has 0 unspecified atom stereocenters. The summed E-state index contributed by atoms with van der Waals surface area (Å²) in [5.41, 5.74) is 1.38. The second-order valence-electron chi connectivity index (χ2n) is 3.75. The van der Waals surface area contributed by atoms with E-state index in [9.17, 15) is 9.59 Å². The van der Waals surface area contributed by atoms with Gasteiger partial charge in [0.05, 0.1) is 0 Å². The summed E-state index contributed by atoms with van der Waals surface area (Å²) in [6.07, 6.45) is 1.61. The highest BCUT2D eigenvalue weighted by molar-refractivity contribution is 7.17. The van der Waals surface area contributed by atoms with Crippen molar-refractivity contribution in [1.29, 1.82) is 0 Å². The SMILES string of the molecule is CC(=O)c1sc(-c2ccc(C)nc2)nc1C(=O)O. The Hall–Kier alpha value is -2.08. The molecule has 0 saturated carbocycles. The van der Waals surface area contributed by atoms with Gasteiger partial charge in [0.25, 0.3) is 0 Å². The predicted octanol–water partition coefficient (Wildman–Crippen LogP) is 2.41. The van der Waals surface area contributed by atoms with Crippen molar-refractivity contribution < 1.29 is 14.7 Å². The van der Waals surface area contributed by atoms with E-state index in [1.165, 1.54) is 6.92 Å². The van der Waals surface area contributed by atoms with Gasteiger partial charge in [-0.2, -0.15) is 0 Å². The summed E-state index contributed by atoms with van der Waals surface area (Å²) in [5, 5.41) is 9.49. The molecule has 2 heterocycles. The van der Waals surface area contributed by atoms with Crippen LogP contribution in [0.3, 0.4) is 0 Å². The number of rotatable bonds is 3. The van der Waals surface area contributed by atoms with Gasteiger partial charge in [0.1, 0.15) is 9.88 Å². The van der Waals surface area contributed by atoms with Crippen molar-refractivity contribution in [3.05, 3.63) is 34.6 Å². The van der Waals surface area contributed by atoms with Gasteiger partial charge >= 0.3 is 5.97 Å². The molecule has 92 valence electrons. The number of aryl methyl sites for hydroxylation is 1. The van der Waals surface area contributed by atoms with Crippen molar-refractivity contribution in [2.75, 3.05) is 0 Å². The minimum absolute atomic E-state index is 0.165. The number of thiazole rings is 1. The molecule has 0 bridgehead atoms. The van der Waals surface area contributed by atoms with E-state index in [0.717, 1.165) is 17.0 Å². The first kappa shape index (κ1) is 12.4. The van der Waals surface area contributed by atoms with Crippen LogP contribution in [0.4, 0.5) is 0 Å². The van der Waals surface area contributed by atoms with Gasteiger partial charge in [-0.1, -0.05) is 0 Å². The average Bonchev–Trinajstić information content (AvgIpc) is 2.75. The summed E-state index contributed by atoms with van der Waals surface area (Å²) in [7, 11) is 0. The zero-order valence-corrected chi connectivity index (χ0v) is 10.6. The number of pyridine rings is 1. The monoisotopic (exact) mass is 262 g/mol. The molecular weight excluding hydrogens is 252 g/mol. The molecular formula is C12H10N2O3S. The molecule has 6 heteroatoms. The third kappa shape index (κ3) is 2.28. The molecule has 2 rings (SSSR count). The van der Waals surface area contributed by atoms with Gasteiger partial charge in [0.15, 0.2) is 11.5 Å². The van der Waals surface area contributed by atoms with E-state index in [0.29, 0.717) is 10.6 Å². The number of hydrogen-bond acceptors (Lipinski definition) is 5. The van der Waals surface area contributed by atoms with Gasteiger partial charge in [-0.25, -0.2) is 9.78 Å². The van der Waals surface area contributed by atoms with E-state index in [1.807, 2.05) is 13.0 Å². The Morgan fingerprint density at radius 3 is 2.50 bits per heavy atom. The fourth-order valence-electron chi connectivity index (χ4n) is 1.42. The van der Waals surface area contributed by atoms with Crippen molar-refractivity contribution >= 4 is 23.1 Å². The van der Waals surface area contributed by atoms with E-state index in [1.54, 1.807) is 12.3 Å². The number of carboxylic acid groups (broad SMARTS) is 1. The zero-order valence-electron chi connectivity index (χ0n) is 9.80. The van der Waals surface area contributed by atoms with Crippen LogP contribution in [0.1, 0.15) is 32.8 Å². The third-order valence-corrected chi connectivity index (χ3v) is 3.51. The second kappa shape index (κ2) is 4.66. The van der Waals surface area contributed by atoms with Gasteiger partial charge in [0.2, 0.25) is 0 Å². The van der Waals surface area contributed by atoms with Crippen LogP contribution in [0, 0.1) is 6.92 Å². The number of carboxylic acids is 1. The minimum atomic E-state index is -1.19. The number of hydrogen-bond donors (Lipinski definition) is 1. The molecule has 18 heavy (non-hydrogen) atoms. The van der Waals surface area contributed by atoms with Crippen LogP contribution in [-0.2, 0) is 0 Å². The summed E-state index contributed by atoms with van der Waals surface area (Å²) < 4.78 is 0. The first-order chi connectivity index (χ1) is 8.49. The maximum absolute atomic E-state index is 11.4. The molecule has 0 aliphatic rings. The highest BCUT2D eigenvalue weighted by atomic mass is 32.1. The largest absolute Gasteiger partial charge is 0.476 e. The molecule has 0 aliphatic carbocycles. The number of carbonyl (C=O) groups is 2. The van der Waals surface area contributed by atoms with Crippen LogP contribution in [0.15, 0.2) is 18.3 Å². The quantitative estimate of drug-likeness (QED) is 0.859. The summed E-state index contributed by atoms with van der Waals surface area (Å²) in [5.74, 6) is -1.49. The fraction of sp³-hybridized carbons (Fsp3) is 0.167. The smallest absolute Gasteiger partial charge is 0.356 e. The van der Waals surface area contributed by atoms with Gasteiger partial charge in [-0.15, -0.1) is 11.3 Å². The molecule has 2 aromatic heterocycles. The van der Waals surface area contributed by atoms with Gasteiger partial charge < -0.3 is 5.11 Å². The first-order valence-corrected chi connectivity index (χ1v) is 5.98. The number of aromatic nitrogens is 2. The molecule has 2 aromatic rings. The lowest BCUT2D eigenvalue weighted by atomic mass is 10.2. The summed E-state index contributed by atoms with van der Waals surface area (Å²) in [6, 6.07) is 3.61. The highest BCUT2D eigenvalue weighted by Gasteiger charge is 2.21. The number of Topliss-reactive ketones (excluding diaryl/α,β-unsaturated/α-hetero) is 1. The Labute approximate surface area is 107 Å². The highest BCUT2D eigenvalue weighted by Crippen LogP contribution is 2.28. The number of aromatic carboxylic acids is 1. The molecule has 0 spiro atoms. The Kier molecular flexibility index (Phi) is 3.20. The zero-order chi connectivity index (χ0) is 13.3. The molecule has 0 aliphatic heterocycles. The normalized spacial score (nSPS) is 10.3. The molecule has 0 radical (unpaired) electrons. The van der Waals surface area contributed by atoms with Crippen LogP contribution in [0.5, 0.6) is 0 Å². The lowest BCUT2D eigenvalue weighted by Gasteiger charge is -1.95. The number of ketones is 1. The molecule has 1 N–H and O–H groups in total. The number of carbonyl (C=O) groups excluding carboxylic acids is 1. The lowest BCUT2D eigenvalue weighted by molar-refractivity contribution is 0.0687. The van der Waals surface area contributed by atoms with Crippen LogP contribution < -0.4 is 0 Å². The van der Waals surface area contributed by atoms with Crippen LogP contribution in [0.25, 0.3) is 10.6 Å². The van der Waals surface area contributed by atoms with Crippen molar-refractivity contribution in [3.8, 4) is 10.6 Å². The van der Waals surface area contributed by atoms with Crippen LogP contribution in [-0.4, -0.2) is 26.8 Å². The second-order valence-corrected chi connectivity index (χ2v) is 4.75. The third-order valence-electron chi connectivity index (χ3n) is 2.31. The Morgan fingerprint density at radius 2 is 2.06 bits per heavy atom. The first-order valence-electron chi connectivity index (χ1n) is 5.17. The summed E-state index contributed by atoms with van der Waals surface area (Å²) in [6.45, 7) is 3.19. The van der Waals surface area contributed by atoms with Crippen LogP contribution >= 0.6 is 11.3 Å². The topological polar surface area (TPSA) is 80.2 Å². The van der Waals surface area contributed by atoms with Gasteiger partial charge in [0, 0.05) is 24.4 Å². The van der Waals surface area contributed by atoms with Gasteiger partial charge in [-0.3, -0.25) is 9.78 Å². The van der Waals surface area contributed by atoms with Crippen molar-refractivity contribution in [2.45, 2.75) is 13.8 Å². The number of nitrogens with zero attached hydrogens (tertiary/aromatic N) is 2. The van der Waals surface area contributed by atoms with Gasteiger partial charge in [-0.05, 0) is 19.1 Å². The lowest BCUT2D eigenvalue weighted by Crippen LogP contribution is -2.03. The summed E-state index contributed by atoms with van der Waals surface area (Å²) >= 11 is 1.07. The Bertz CT molecular complexity index is 585. The molecule has 0 saturated heterocycles. The Balaban J connectivity index is 2.53. The van der Waals surface area contributed by atoms with Crippen molar-refractivity contribution in [1.82, 2.24) is 9.97 Å².